The van der Waals surface area contributed by atoms with Gasteiger partial charge in [-0.3, -0.25) is 4.79 Å². The Balaban J connectivity index is 1.56. The van der Waals surface area contributed by atoms with Crippen LogP contribution < -0.4 is 14.2 Å². The first kappa shape index (κ1) is 19.3. The van der Waals surface area contributed by atoms with Crippen LogP contribution in [0.5, 0.6) is 17.2 Å². The Labute approximate surface area is 174 Å². The molecule has 29 heavy (non-hydrogen) atoms. The van der Waals surface area contributed by atoms with Crippen LogP contribution in [0, 0.1) is 0 Å². The van der Waals surface area contributed by atoms with E-state index in [4.69, 9.17) is 14.2 Å². The first-order chi connectivity index (χ1) is 14.2. The summed E-state index contributed by atoms with van der Waals surface area (Å²) in [6.45, 7) is 0.600. The summed E-state index contributed by atoms with van der Waals surface area (Å²) < 4.78 is 16.7. The van der Waals surface area contributed by atoms with E-state index in [2.05, 4.69) is 11.4 Å². The van der Waals surface area contributed by atoms with Crippen molar-refractivity contribution in [3.05, 3.63) is 81.1 Å². The SMILES string of the molecule is COc1cc2c(cc1OC)C(=O)C(=Cc1ccccc1OCCc1cccs1)C2. The van der Waals surface area contributed by atoms with Crippen molar-refractivity contribution in [2.75, 3.05) is 20.8 Å². The molecule has 3 aromatic rings. The van der Waals surface area contributed by atoms with Crippen LogP contribution in [0.1, 0.15) is 26.4 Å². The minimum absolute atomic E-state index is 0.0225. The van der Waals surface area contributed by atoms with E-state index in [0.29, 0.717) is 30.1 Å². The molecule has 2 aromatic carbocycles. The van der Waals surface area contributed by atoms with Crippen molar-refractivity contribution >= 4 is 23.2 Å². The van der Waals surface area contributed by atoms with Gasteiger partial charge in [-0.25, -0.2) is 0 Å². The predicted molar refractivity (Wildman–Crippen MR) is 116 cm³/mol. The number of hydrogen-bond donors (Lipinski definition) is 0. The van der Waals surface area contributed by atoms with Gasteiger partial charge in [0.05, 0.1) is 20.8 Å². The highest BCUT2D eigenvalue weighted by Crippen LogP contribution is 2.37. The van der Waals surface area contributed by atoms with Crippen molar-refractivity contribution in [2.45, 2.75) is 12.8 Å². The predicted octanol–water partition coefficient (Wildman–Crippen LogP) is 5.21. The fourth-order valence-corrected chi connectivity index (χ4v) is 4.18. The molecule has 0 amide bonds. The van der Waals surface area contributed by atoms with E-state index in [1.165, 1.54) is 4.88 Å². The molecule has 0 spiro atoms. The third-order valence-electron chi connectivity index (χ3n) is 4.96. The maximum atomic E-state index is 12.9. The number of Topliss-reactive ketones (excluding diaryl/α,β-unsaturated/α-hetero) is 1. The molecular weight excluding hydrogens is 384 g/mol. The zero-order valence-corrected chi connectivity index (χ0v) is 17.3. The van der Waals surface area contributed by atoms with Crippen molar-refractivity contribution < 1.29 is 19.0 Å². The van der Waals surface area contributed by atoms with Crippen molar-refractivity contribution in [1.82, 2.24) is 0 Å². The van der Waals surface area contributed by atoms with E-state index in [-0.39, 0.29) is 5.78 Å². The summed E-state index contributed by atoms with van der Waals surface area (Å²) >= 11 is 1.73. The fourth-order valence-electron chi connectivity index (χ4n) is 3.49. The number of hydrogen-bond acceptors (Lipinski definition) is 5. The summed E-state index contributed by atoms with van der Waals surface area (Å²) in [4.78, 5) is 14.2. The van der Waals surface area contributed by atoms with E-state index in [9.17, 15) is 4.79 Å². The van der Waals surface area contributed by atoms with Crippen LogP contribution in [0.2, 0.25) is 0 Å². The van der Waals surface area contributed by atoms with Gasteiger partial charge in [-0.1, -0.05) is 24.3 Å². The Bertz CT molecular complexity index is 1050. The average Bonchev–Trinajstić information content (AvgIpc) is 3.36. The van der Waals surface area contributed by atoms with Gasteiger partial charge in [-0.2, -0.15) is 0 Å². The second-order valence-corrected chi connectivity index (χ2v) is 7.79. The molecule has 0 unspecified atom stereocenters. The van der Waals surface area contributed by atoms with Gasteiger partial charge in [0.25, 0.3) is 0 Å². The lowest BCUT2D eigenvalue weighted by Gasteiger charge is -2.09. The Hall–Kier alpha value is -3.05. The van der Waals surface area contributed by atoms with Gasteiger partial charge in [0.1, 0.15) is 5.75 Å². The molecule has 5 heteroatoms. The van der Waals surface area contributed by atoms with E-state index in [1.807, 2.05) is 42.5 Å². The molecule has 1 aromatic heterocycles. The molecule has 0 fully saturated rings. The lowest BCUT2D eigenvalue weighted by atomic mass is 10.1. The van der Waals surface area contributed by atoms with Crippen LogP contribution in [0.4, 0.5) is 0 Å². The molecule has 4 rings (SSSR count). The van der Waals surface area contributed by atoms with Gasteiger partial charge in [0, 0.05) is 34.4 Å². The van der Waals surface area contributed by atoms with E-state index in [0.717, 1.165) is 28.9 Å². The number of fused-ring (bicyclic) bond motifs is 1. The third-order valence-corrected chi connectivity index (χ3v) is 5.90. The second kappa shape index (κ2) is 8.53. The van der Waals surface area contributed by atoms with Crippen molar-refractivity contribution in [2.24, 2.45) is 0 Å². The Kier molecular flexibility index (Phi) is 5.67. The summed E-state index contributed by atoms with van der Waals surface area (Å²) in [5, 5.41) is 2.07. The molecule has 1 aliphatic carbocycles. The number of para-hydroxylation sites is 1. The normalized spacial score (nSPS) is 14.1. The number of benzene rings is 2. The minimum atomic E-state index is 0.0225. The largest absolute Gasteiger partial charge is 0.493 e. The summed E-state index contributed by atoms with van der Waals surface area (Å²) in [5.74, 6) is 2.01. The van der Waals surface area contributed by atoms with Gasteiger partial charge < -0.3 is 14.2 Å². The van der Waals surface area contributed by atoms with Crippen LogP contribution in [0.15, 0.2) is 59.5 Å². The van der Waals surface area contributed by atoms with E-state index < -0.39 is 0 Å². The maximum absolute atomic E-state index is 12.9. The molecule has 1 aliphatic rings. The van der Waals surface area contributed by atoms with Crippen molar-refractivity contribution in [3.8, 4) is 17.2 Å². The smallest absolute Gasteiger partial charge is 0.189 e. The van der Waals surface area contributed by atoms with Gasteiger partial charge >= 0.3 is 0 Å². The van der Waals surface area contributed by atoms with Crippen LogP contribution >= 0.6 is 11.3 Å². The highest BCUT2D eigenvalue weighted by atomic mass is 32.1. The zero-order valence-electron chi connectivity index (χ0n) is 16.4. The Morgan fingerprint density at radius 3 is 2.55 bits per heavy atom. The van der Waals surface area contributed by atoms with Gasteiger partial charge in [-0.15, -0.1) is 11.3 Å². The molecule has 0 saturated heterocycles. The maximum Gasteiger partial charge on any atom is 0.189 e. The summed E-state index contributed by atoms with van der Waals surface area (Å²) in [6.07, 6.45) is 3.37. The first-order valence-corrected chi connectivity index (χ1v) is 10.3. The number of carbonyl (C=O) groups is 1. The Morgan fingerprint density at radius 2 is 1.79 bits per heavy atom. The topological polar surface area (TPSA) is 44.8 Å². The molecular formula is C24H22O4S. The molecule has 4 nitrogen and oxygen atoms in total. The summed E-state index contributed by atoms with van der Waals surface area (Å²) in [6, 6.07) is 15.6. The lowest BCUT2D eigenvalue weighted by Crippen LogP contribution is -2.02. The number of carbonyl (C=O) groups excluding carboxylic acids is 1. The fraction of sp³-hybridized carbons (Fsp3) is 0.208. The lowest BCUT2D eigenvalue weighted by molar-refractivity contribution is 0.104. The zero-order chi connectivity index (χ0) is 20.2. The number of allylic oxidation sites excluding steroid dienone is 1. The monoisotopic (exact) mass is 406 g/mol. The first-order valence-electron chi connectivity index (χ1n) is 9.44. The second-order valence-electron chi connectivity index (χ2n) is 6.76. The quantitative estimate of drug-likeness (QED) is 0.505. The summed E-state index contributed by atoms with van der Waals surface area (Å²) in [7, 11) is 3.17. The van der Waals surface area contributed by atoms with Gasteiger partial charge in [0.15, 0.2) is 17.3 Å². The molecule has 0 saturated carbocycles. The number of methoxy groups -OCH3 is 2. The van der Waals surface area contributed by atoms with Crippen LogP contribution in [0.3, 0.4) is 0 Å². The molecule has 0 bridgehead atoms. The standard InChI is InChI=1S/C24H22O4S/c1-26-22-14-17-13-18(24(25)20(17)15-23(22)27-2)12-16-6-3-4-8-21(16)28-10-9-19-7-5-11-29-19/h3-8,11-12,14-15H,9-10,13H2,1-2H3. The van der Waals surface area contributed by atoms with Gasteiger partial charge in [0.2, 0.25) is 0 Å². The van der Waals surface area contributed by atoms with Crippen LogP contribution in [-0.2, 0) is 12.8 Å². The third kappa shape index (κ3) is 4.05. The minimum Gasteiger partial charge on any atom is -0.493 e. The van der Waals surface area contributed by atoms with Crippen LogP contribution in [0.25, 0.3) is 6.08 Å². The molecule has 0 radical (unpaired) electrons. The highest BCUT2D eigenvalue weighted by Gasteiger charge is 2.27. The molecule has 0 atom stereocenters. The van der Waals surface area contributed by atoms with Gasteiger partial charge in [-0.05, 0) is 41.3 Å². The van der Waals surface area contributed by atoms with Crippen LogP contribution in [-0.4, -0.2) is 26.6 Å². The highest BCUT2D eigenvalue weighted by molar-refractivity contribution is 7.09. The number of ether oxygens (including phenoxy) is 3. The number of rotatable bonds is 7. The number of ketones is 1. The molecule has 0 N–H and O–H groups in total. The van der Waals surface area contributed by atoms with E-state index >= 15 is 0 Å². The average molecular weight is 407 g/mol. The molecule has 0 aliphatic heterocycles. The molecule has 1 heterocycles. The number of thiophene rings is 1. The van der Waals surface area contributed by atoms with Crippen molar-refractivity contribution in [3.63, 3.8) is 0 Å². The molecule has 148 valence electrons. The summed E-state index contributed by atoms with van der Waals surface area (Å²) in [5.41, 5.74) is 3.28. The van der Waals surface area contributed by atoms with Crippen molar-refractivity contribution in [1.29, 1.82) is 0 Å². The van der Waals surface area contributed by atoms with E-state index in [1.54, 1.807) is 31.6 Å². The Morgan fingerprint density at radius 1 is 1.00 bits per heavy atom.